The van der Waals surface area contributed by atoms with Crippen LogP contribution in [-0.2, 0) is 4.74 Å². The molecule has 6 nitrogen and oxygen atoms in total. The Bertz CT molecular complexity index is 709. The van der Waals surface area contributed by atoms with Crippen molar-refractivity contribution in [2.75, 3.05) is 62.3 Å². The molecular weight excluding hydrogens is 334 g/mol. The summed E-state index contributed by atoms with van der Waals surface area (Å²) in [6.07, 6.45) is 0. The van der Waals surface area contributed by atoms with Crippen molar-refractivity contribution in [3.63, 3.8) is 0 Å². The van der Waals surface area contributed by atoms with E-state index in [-0.39, 0.29) is 0 Å². The largest absolute Gasteiger partial charge is 0.378 e. The normalized spacial score (nSPS) is 19.6. The Morgan fingerprint density at radius 2 is 1.83 bits per heavy atom. The van der Waals surface area contributed by atoms with Crippen molar-refractivity contribution < 1.29 is 4.74 Å². The van der Waals surface area contributed by atoms with Gasteiger partial charge in [0.2, 0.25) is 5.28 Å². The number of ether oxygens (including phenoxy) is 1. The molecule has 0 atom stereocenters. The van der Waals surface area contributed by atoms with Gasteiger partial charge in [-0.3, -0.25) is 0 Å². The molecule has 0 saturated carbocycles. The van der Waals surface area contributed by atoms with Crippen molar-refractivity contribution in [2.24, 2.45) is 0 Å². The van der Waals surface area contributed by atoms with Gasteiger partial charge >= 0.3 is 0 Å². The number of morpholine rings is 1. The molecule has 4 rings (SSSR count). The summed E-state index contributed by atoms with van der Waals surface area (Å²) in [4.78, 5) is 13.7. The highest BCUT2D eigenvalue weighted by Crippen LogP contribution is 2.41. The van der Waals surface area contributed by atoms with Crippen LogP contribution in [0.1, 0.15) is 5.56 Å². The summed E-state index contributed by atoms with van der Waals surface area (Å²) in [7, 11) is 0. The second kappa shape index (κ2) is 6.39. The molecule has 4 heterocycles. The van der Waals surface area contributed by atoms with Gasteiger partial charge in [-0.25, -0.2) is 4.98 Å². The Hall–Kier alpha value is -1.15. The maximum Gasteiger partial charge on any atom is 0.224 e. The van der Waals surface area contributed by atoms with E-state index >= 15 is 0 Å². The van der Waals surface area contributed by atoms with E-state index in [1.807, 2.05) is 0 Å². The topological polar surface area (TPSA) is 53.5 Å². The first-order valence-electron chi connectivity index (χ1n) is 7.99. The molecule has 2 aliphatic heterocycles. The maximum absolute atomic E-state index is 6.21. The van der Waals surface area contributed by atoms with Gasteiger partial charge in [-0.2, -0.15) is 4.98 Å². The third-order valence-electron chi connectivity index (χ3n) is 4.41. The van der Waals surface area contributed by atoms with Gasteiger partial charge in [-0.15, -0.1) is 11.3 Å². The van der Waals surface area contributed by atoms with Gasteiger partial charge in [0.05, 0.1) is 28.4 Å². The maximum atomic E-state index is 6.21. The first-order valence-corrected chi connectivity index (χ1v) is 9.18. The zero-order valence-corrected chi connectivity index (χ0v) is 14.7. The van der Waals surface area contributed by atoms with E-state index in [4.69, 9.17) is 16.3 Å². The molecule has 2 aromatic heterocycles. The second-order valence-corrected chi connectivity index (χ2v) is 7.20. The minimum absolute atomic E-state index is 0.326. The second-order valence-electron chi connectivity index (χ2n) is 5.86. The molecule has 0 amide bonds. The number of anilines is 2. The third-order valence-corrected chi connectivity index (χ3v) is 5.92. The van der Waals surface area contributed by atoms with Crippen molar-refractivity contribution in [3.8, 4) is 0 Å². The zero-order valence-electron chi connectivity index (χ0n) is 13.1. The van der Waals surface area contributed by atoms with E-state index < -0.39 is 0 Å². The number of hydrogen-bond acceptors (Lipinski definition) is 7. The molecule has 2 aliphatic rings. The fourth-order valence-electron chi connectivity index (χ4n) is 3.19. The lowest BCUT2D eigenvalue weighted by Crippen LogP contribution is -2.43. The number of hydrogen-bond donors (Lipinski definition) is 1. The number of aromatic nitrogens is 2. The van der Waals surface area contributed by atoms with Crippen LogP contribution in [0.3, 0.4) is 0 Å². The molecule has 0 aromatic carbocycles. The van der Waals surface area contributed by atoms with Crippen LogP contribution in [0.5, 0.6) is 0 Å². The number of nitrogens with one attached hydrogen (secondary N) is 1. The van der Waals surface area contributed by atoms with Crippen LogP contribution in [0.4, 0.5) is 10.8 Å². The summed E-state index contributed by atoms with van der Waals surface area (Å²) in [6.45, 7) is 9.42. The molecular formula is C15H20ClN5OS. The Morgan fingerprint density at radius 3 is 2.57 bits per heavy atom. The molecule has 2 aromatic rings. The fraction of sp³-hybridized carbons (Fsp3) is 0.600. The third kappa shape index (κ3) is 2.87. The van der Waals surface area contributed by atoms with E-state index in [9.17, 15) is 0 Å². The smallest absolute Gasteiger partial charge is 0.224 e. The van der Waals surface area contributed by atoms with Gasteiger partial charge in [-0.05, 0) is 18.5 Å². The number of nitrogens with zero attached hydrogens (tertiary/aromatic N) is 4. The van der Waals surface area contributed by atoms with Crippen LogP contribution in [0, 0.1) is 6.92 Å². The van der Waals surface area contributed by atoms with E-state index in [0.717, 1.165) is 68.5 Å². The molecule has 23 heavy (non-hydrogen) atoms. The lowest BCUT2D eigenvalue weighted by Gasteiger charge is -2.28. The number of aryl methyl sites for hydroxylation is 1. The Kier molecular flexibility index (Phi) is 4.27. The van der Waals surface area contributed by atoms with E-state index in [0.29, 0.717) is 5.28 Å². The summed E-state index contributed by atoms with van der Waals surface area (Å²) in [6, 6.07) is 0. The minimum atomic E-state index is 0.326. The summed E-state index contributed by atoms with van der Waals surface area (Å²) in [5.41, 5.74) is 2.20. The van der Waals surface area contributed by atoms with Gasteiger partial charge in [0.15, 0.2) is 5.82 Å². The highest BCUT2D eigenvalue weighted by Gasteiger charge is 2.24. The number of thiophene rings is 1. The number of rotatable bonds is 2. The van der Waals surface area contributed by atoms with Crippen LogP contribution in [0.15, 0.2) is 0 Å². The lowest BCUT2D eigenvalue weighted by molar-refractivity contribution is 0.122. The summed E-state index contributed by atoms with van der Waals surface area (Å²) >= 11 is 8.00. The average Bonchev–Trinajstić information content (AvgIpc) is 2.93. The molecule has 0 unspecified atom stereocenters. The Morgan fingerprint density at radius 1 is 1.09 bits per heavy atom. The predicted octanol–water partition coefficient (Wildman–Crippen LogP) is 1.90. The van der Waals surface area contributed by atoms with E-state index in [1.54, 1.807) is 11.3 Å². The monoisotopic (exact) mass is 353 g/mol. The lowest BCUT2D eigenvalue weighted by atomic mass is 10.2. The Balaban J connectivity index is 1.80. The predicted molar refractivity (Wildman–Crippen MR) is 95.3 cm³/mol. The summed E-state index contributed by atoms with van der Waals surface area (Å²) in [5, 5.41) is 5.03. The van der Waals surface area contributed by atoms with Gasteiger partial charge < -0.3 is 19.9 Å². The minimum Gasteiger partial charge on any atom is -0.378 e. The highest BCUT2D eigenvalue weighted by molar-refractivity contribution is 7.23. The van der Waals surface area contributed by atoms with Gasteiger partial charge in [0.25, 0.3) is 0 Å². The molecule has 2 fully saturated rings. The van der Waals surface area contributed by atoms with Gasteiger partial charge in [-0.1, -0.05) is 0 Å². The van der Waals surface area contributed by atoms with Crippen molar-refractivity contribution in [3.05, 3.63) is 10.8 Å². The van der Waals surface area contributed by atoms with Crippen molar-refractivity contribution in [1.82, 2.24) is 15.3 Å². The van der Waals surface area contributed by atoms with Crippen molar-refractivity contribution in [2.45, 2.75) is 6.92 Å². The number of piperazine rings is 1. The SMILES string of the molecule is Cc1c(N2CCNCC2)sc2c(N3CCOCC3)nc(Cl)nc12. The molecule has 0 bridgehead atoms. The molecule has 2 saturated heterocycles. The van der Waals surface area contributed by atoms with Gasteiger partial charge in [0.1, 0.15) is 0 Å². The number of halogens is 1. The molecule has 0 radical (unpaired) electrons. The van der Waals surface area contributed by atoms with Crippen molar-refractivity contribution in [1.29, 1.82) is 0 Å². The van der Waals surface area contributed by atoms with E-state index in [1.165, 1.54) is 10.6 Å². The zero-order chi connectivity index (χ0) is 15.8. The summed E-state index contributed by atoms with van der Waals surface area (Å²) in [5.74, 6) is 0.956. The average molecular weight is 354 g/mol. The summed E-state index contributed by atoms with van der Waals surface area (Å²) < 4.78 is 6.60. The standard InChI is InChI=1S/C15H20ClN5OS/c1-10-11-12(23-14(10)21-4-2-17-3-5-21)13(19-15(16)18-11)20-6-8-22-9-7-20/h17H,2-9H2,1H3. The molecule has 124 valence electrons. The first-order chi connectivity index (χ1) is 11.2. The van der Waals surface area contributed by atoms with Crippen LogP contribution < -0.4 is 15.1 Å². The molecule has 0 spiro atoms. The number of fused-ring (bicyclic) bond motifs is 1. The quantitative estimate of drug-likeness (QED) is 0.832. The highest BCUT2D eigenvalue weighted by atomic mass is 35.5. The molecule has 8 heteroatoms. The Labute approximate surface area is 144 Å². The first kappa shape index (κ1) is 15.4. The van der Waals surface area contributed by atoms with Crippen LogP contribution in [-0.4, -0.2) is 62.5 Å². The molecule has 0 aliphatic carbocycles. The van der Waals surface area contributed by atoms with Crippen LogP contribution >= 0.6 is 22.9 Å². The van der Waals surface area contributed by atoms with Gasteiger partial charge in [0, 0.05) is 44.8 Å². The molecule has 1 N–H and O–H groups in total. The van der Waals surface area contributed by atoms with Crippen molar-refractivity contribution >= 4 is 44.0 Å². The van der Waals surface area contributed by atoms with E-state index in [2.05, 4.69) is 32.0 Å². The van der Waals surface area contributed by atoms with Crippen LogP contribution in [0.2, 0.25) is 5.28 Å². The fourth-order valence-corrected chi connectivity index (χ4v) is 4.67. The van der Waals surface area contributed by atoms with Crippen LogP contribution in [0.25, 0.3) is 10.2 Å².